The molecule has 1 unspecified atom stereocenters. The largest absolute Gasteiger partial charge is 0.381 e. The predicted molar refractivity (Wildman–Crippen MR) is 57.9 cm³/mol. The highest BCUT2D eigenvalue weighted by atomic mass is 35.5. The summed E-state index contributed by atoms with van der Waals surface area (Å²) in [5, 5.41) is 4.64. The quantitative estimate of drug-likeness (QED) is 0.696. The van der Waals surface area contributed by atoms with Gasteiger partial charge in [-0.2, -0.15) is 0 Å². The Morgan fingerprint density at radius 1 is 1.38 bits per heavy atom. The lowest BCUT2D eigenvalue weighted by atomic mass is 9.99. The molecule has 1 aliphatic rings. The minimum atomic E-state index is 0.489. The number of rotatable bonds is 0. The summed E-state index contributed by atoms with van der Waals surface area (Å²) in [6.07, 6.45) is 2.24. The van der Waals surface area contributed by atoms with E-state index in [1.807, 2.05) is 12.1 Å². The number of hydrogen-bond donors (Lipinski definition) is 1. The summed E-state index contributed by atoms with van der Waals surface area (Å²) < 4.78 is 0. The van der Waals surface area contributed by atoms with Crippen LogP contribution in [0.1, 0.15) is 18.9 Å². The van der Waals surface area contributed by atoms with Crippen LogP contribution in [0.3, 0.4) is 0 Å². The molecule has 1 aromatic rings. The highest BCUT2D eigenvalue weighted by Crippen LogP contribution is 2.36. The fourth-order valence-corrected chi connectivity index (χ4v) is 2.04. The number of benzene rings is 1. The molecule has 1 aliphatic heterocycles. The van der Waals surface area contributed by atoms with Crippen LogP contribution in [0.4, 0.5) is 5.69 Å². The lowest BCUT2D eigenvalue weighted by molar-refractivity contribution is 0.681. The summed E-state index contributed by atoms with van der Waals surface area (Å²) in [6, 6.07) is 4.39. The van der Waals surface area contributed by atoms with Crippen LogP contribution in [-0.4, -0.2) is 6.04 Å². The minimum absolute atomic E-state index is 0.489. The van der Waals surface area contributed by atoms with E-state index in [4.69, 9.17) is 23.2 Å². The number of hydrogen-bond acceptors (Lipinski definition) is 1. The minimum Gasteiger partial charge on any atom is -0.381 e. The van der Waals surface area contributed by atoms with Crippen LogP contribution in [0.2, 0.25) is 10.0 Å². The van der Waals surface area contributed by atoms with Gasteiger partial charge in [-0.15, -0.1) is 0 Å². The molecule has 13 heavy (non-hydrogen) atoms. The maximum Gasteiger partial charge on any atom is 0.0826 e. The zero-order valence-corrected chi connectivity index (χ0v) is 8.91. The first-order chi connectivity index (χ1) is 6.18. The van der Waals surface area contributed by atoms with Crippen molar-refractivity contribution in [2.75, 3.05) is 5.32 Å². The summed E-state index contributed by atoms with van der Waals surface area (Å²) >= 11 is 12.0. The van der Waals surface area contributed by atoms with Gasteiger partial charge in [0.2, 0.25) is 0 Å². The second-order valence-electron chi connectivity index (χ2n) is 3.48. The Morgan fingerprint density at radius 3 is 2.92 bits per heavy atom. The number of halogens is 2. The van der Waals surface area contributed by atoms with Crippen molar-refractivity contribution >= 4 is 28.9 Å². The molecule has 0 amide bonds. The standard InChI is InChI=1S/C10H11Cl2N/c1-6-2-3-7-4-5-8(11)9(12)10(7)13-6/h4-6,13H,2-3H2,1H3. The molecular weight excluding hydrogens is 205 g/mol. The van der Waals surface area contributed by atoms with Gasteiger partial charge in [0, 0.05) is 6.04 Å². The van der Waals surface area contributed by atoms with Gasteiger partial charge < -0.3 is 5.32 Å². The Kier molecular flexibility index (Phi) is 2.39. The molecule has 3 heteroatoms. The molecule has 1 aromatic carbocycles. The maximum absolute atomic E-state index is 6.08. The topological polar surface area (TPSA) is 12.0 Å². The first kappa shape index (κ1) is 9.17. The average molecular weight is 216 g/mol. The molecule has 70 valence electrons. The Balaban J connectivity index is 2.48. The molecule has 0 aliphatic carbocycles. The van der Waals surface area contributed by atoms with Gasteiger partial charge in [0.15, 0.2) is 0 Å². The third-order valence-corrected chi connectivity index (χ3v) is 3.22. The second kappa shape index (κ2) is 3.39. The molecule has 0 saturated carbocycles. The van der Waals surface area contributed by atoms with E-state index < -0.39 is 0 Å². The fraction of sp³-hybridized carbons (Fsp3) is 0.400. The molecule has 0 radical (unpaired) electrons. The first-order valence-electron chi connectivity index (χ1n) is 4.42. The summed E-state index contributed by atoms with van der Waals surface area (Å²) in [7, 11) is 0. The maximum atomic E-state index is 6.08. The molecule has 1 heterocycles. The van der Waals surface area contributed by atoms with Gasteiger partial charge in [0.1, 0.15) is 0 Å². The predicted octanol–water partition coefficient (Wildman–Crippen LogP) is 3.74. The zero-order valence-electron chi connectivity index (χ0n) is 7.40. The summed E-state index contributed by atoms with van der Waals surface area (Å²) in [5.74, 6) is 0. The van der Waals surface area contributed by atoms with Crippen LogP contribution in [-0.2, 0) is 6.42 Å². The lowest BCUT2D eigenvalue weighted by Gasteiger charge is -2.25. The molecule has 0 bridgehead atoms. The SMILES string of the molecule is CC1CCc2ccc(Cl)c(Cl)c2N1. The van der Waals surface area contributed by atoms with E-state index in [-0.39, 0.29) is 0 Å². The number of aryl methyl sites for hydroxylation is 1. The zero-order chi connectivity index (χ0) is 9.42. The normalized spacial score (nSPS) is 20.7. The monoisotopic (exact) mass is 215 g/mol. The molecule has 0 spiro atoms. The van der Waals surface area contributed by atoms with Gasteiger partial charge in [-0.3, -0.25) is 0 Å². The molecular formula is C10H11Cl2N. The Hall–Kier alpha value is -0.400. The first-order valence-corrected chi connectivity index (χ1v) is 5.17. The second-order valence-corrected chi connectivity index (χ2v) is 4.26. The smallest absolute Gasteiger partial charge is 0.0826 e. The Bertz CT molecular complexity index is 336. The van der Waals surface area contributed by atoms with E-state index in [0.717, 1.165) is 18.5 Å². The van der Waals surface area contributed by atoms with Gasteiger partial charge in [-0.1, -0.05) is 29.3 Å². The van der Waals surface area contributed by atoms with E-state index in [1.165, 1.54) is 5.56 Å². The third-order valence-electron chi connectivity index (χ3n) is 2.42. The number of anilines is 1. The van der Waals surface area contributed by atoms with Gasteiger partial charge in [-0.25, -0.2) is 0 Å². The fourth-order valence-electron chi connectivity index (χ4n) is 1.65. The van der Waals surface area contributed by atoms with E-state index >= 15 is 0 Å². The lowest BCUT2D eigenvalue weighted by Crippen LogP contribution is -2.22. The van der Waals surface area contributed by atoms with Crippen molar-refractivity contribution in [3.8, 4) is 0 Å². The molecule has 1 atom stereocenters. The highest BCUT2D eigenvalue weighted by molar-refractivity contribution is 6.43. The van der Waals surface area contributed by atoms with Gasteiger partial charge >= 0.3 is 0 Å². The van der Waals surface area contributed by atoms with E-state index in [2.05, 4.69) is 12.2 Å². The summed E-state index contributed by atoms with van der Waals surface area (Å²) in [6.45, 7) is 2.15. The number of fused-ring (bicyclic) bond motifs is 1. The molecule has 1 nitrogen and oxygen atoms in total. The molecule has 0 aromatic heterocycles. The van der Waals surface area contributed by atoms with Crippen molar-refractivity contribution in [2.24, 2.45) is 0 Å². The summed E-state index contributed by atoms with van der Waals surface area (Å²) in [4.78, 5) is 0. The molecule has 1 N–H and O–H groups in total. The molecule has 0 saturated heterocycles. The molecule has 0 fully saturated rings. The van der Waals surface area contributed by atoms with Crippen molar-refractivity contribution in [3.05, 3.63) is 27.7 Å². The van der Waals surface area contributed by atoms with Crippen LogP contribution in [0, 0.1) is 0 Å². The highest BCUT2D eigenvalue weighted by Gasteiger charge is 2.17. The van der Waals surface area contributed by atoms with Gasteiger partial charge in [0.25, 0.3) is 0 Å². The van der Waals surface area contributed by atoms with Crippen molar-refractivity contribution in [1.29, 1.82) is 0 Å². The van der Waals surface area contributed by atoms with Gasteiger partial charge in [-0.05, 0) is 31.4 Å². The molecule has 2 rings (SSSR count). The van der Waals surface area contributed by atoms with Crippen LogP contribution in [0.25, 0.3) is 0 Å². The average Bonchev–Trinajstić information content (AvgIpc) is 2.12. The van der Waals surface area contributed by atoms with E-state index in [0.29, 0.717) is 16.1 Å². The Morgan fingerprint density at radius 2 is 2.15 bits per heavy atom. The summed E-state index contributed by atoms with van der Waals surface area (Å²) in [5.41, 5.74) is 2.29. The van der Waals surface area contributed by atoms with Crippen molar-refractivity contribution in [3.63, 3.8) is 0 Å². The van der Waals surface area contributed by atoms with Crippen molar-refractivity contribution in [1.82, 2.24) is 0 Å². The van der Waals surface area contributed by atoms with Crippen LogP contribution < -0.4 is 5.32 Å². The number of nitrogens with one attached hydrogen (secondary N) is 1. The Labute approximate surface area is 88.0 Å². The van der Waals surface area contributed by atoms with E-state index in [1.54, 1.807) is 0 Å². The third kappa shape index (κ3) is 1.63. The van der Waals surface area contributed by atoms with Crippen molar-refractivity contribution < 1.29 is 0 Å². The van der Waals surface area contributed by atoms with E-state index in [9.17, 15) is 0 Å². The van der Waals surface area contributed by atoms with Crippen LogP contribution in [0.5, 0.6) is 0 Å². The van der Waals surface area contributed by atoms with Crippen LogP contribution >= 0.6 is 23.2 Å². The van der Waals surface area contributed by atoms with Crippen LogP contribution in [0.15, 0.2) is 12.1 Å². The van der Waals surface area contributed by atoms with Gasteiger partial charge in [0.05, 0.1) is 15.7 Å². The van der Waals surface area contributed by atoms with Crippen molar-refractivity contribution in [2.45, 2.75) is 25.8 Å².